The van der Waals surface area contributed by atoms with Crippen LogP contribution in [0.25, 0.3) is 0 Å². The lowest BCUT2D eigenvalue weighted by Crippen LogP contribution is -2.13. The average Bonchev–Trinajstić information content (AvgIpc) is 2.63. The van der Waals surface area contributed by atoms with Crippen molar-refractivity contribution in [2.24, 2.45) is 0 Å². The Bertz CT molecular complexity index is 278. The van der Waals surface area contributed by atoms with E-state index in [9.17, 15) is 0 Å². The number of hydrogen-bond acceptors (Lipinski definition) is 2. The highest BCUT2D eigenvalue weighted by molar-refractivity contribution is 7.11. The second kappa shape index (κ2) is 7.66. The number of rotatable bonds is 8. The van der Waals surface area contributed by atoms with E-state index < -0.39 is 0 Å². The molecule has 0 unspecified atom stereocenters. The molecule has 0 saturated heterocycles. The van der Waals surface area contributed by atoms with Crippen LogP contribution in [0.3, 0.4) is 0 Å². The zero-order chi connectivity index (χ0) is 10.9. The molecule has 1 aromatic heterocycles. The van der Waals surface area contributed by atoms with Crippen LogP contribution in [0, 0.1) is 6.92 Å². The predicted molar refractivity (Wildman–Crippen MR) is 69.4 cm³/mol. The Kier molecular flexibility index (Phi) is 6.37. The summed E-state index contributed by atoms with van der Waals surface area (Å²) in [5.41, 5.74) is 0. The van der Waals surface area contributed by atoms with E-state index in [1.165, 1.54) is 29.0 Å². The van der Waals surface area contributed by atoms with Gasteiger partial charge in [-0.25, -0.2) is 0 Å². The molecule has 15 heavy (non-hydrogen) atoms. The summed E-state index contributed by atoms with van der Waals surface area (Å²) in [6, 6.07) is 4.40. The Labute approximate surface area is 97.2 Å². The molecule has 0 saturated carbocycles. The van der Waals surface area contributed by atoms with Crippen molar-refractivity contribution in [3.05, 3.63) is 34.5 Å². The van der Waals surface area contributed by atoms with Crippen LogP contribution in [0.5, 0.6) is 0 Å². The Morgan fingerprint density at radius 1 is 1.33 bits per heavy atom. The van der Waals surface area contributed by atoms with Gasteiger partial charge in [0.2, 0.25) is 0 Å². The topological polar surface area (TPSA) is 12.0 Å². The first kappa shape index (κ1) is 12.5. The van der Waals surface area contributed by atoms with Gasteiger partial charge in [-0.1, -0.05) is 12.5 Å². The van der Waals surface area contributed by atoms with E-state index in [2.05, 4.69) is 31.0 Å². The van der Waals surface area contributed by atoms with Crippen molar-refractivity contribution in [1.29, 1.82) is 0 Å². The van der Waals surface area contributed by atoms with Crippen LogP contribution >= 0.6 is 11.3 Å². The van der Waals surface area contributed by atoms with Gasteiger partial charge in [0, 0.05) is 16.3 Å². The van der Waals surface area contributed by atoms with E-state index in [-0.39, 0.29) is 0 Å². The van der Waals surface area contributed by atoms with Crippen molar-refractivity contribution in [1.82, 2.24) is 5.32 Å². The van der Waals surface area contributed by atoms with Crippen LogP contribution in [0.1, 0.15) is 35.4 Å². The molecule has 1 aromatic rings. The van der Waals surface area contributed by atoms with Gasteiger partial charge >= 0.3 is 0 Å². The number of allylic oxidation sites excluding steroid dienone is 1. The minimum atomic E-state index is 1.03. The molecule has 1 heterocycles. The summed E-state index contributed by atoms with van der Waals surface area (Å²) in [7, 11) is 0. The van der Waals surface area contributed by atoms with E-state index >= 15 is 0 Å². The van der Waals surface area contributed by atoms with Crippen molar-refractivity contribution in [3.63, 3.8) is 0 Å². The summed E-state index contributed by atoms with van der Waals surface area (Å²) in [6.07, 6.45) is 7.02. The number of unbranched alkanes of at least 4 members (excludes halogenated alkanes) is 3. The molecule has 84 valence electrons. The lowest BCUT2D eigenvalue weighted by atomic mass is 10.2. The lowest BCUT2D eigenvalue weighted by molar-refractivity contribution is 0.609. The van der Waals surface area contributed by atoms with Gasteiger partial charge in [0.1, 0.15) is 0 Å². The SMILES string of the molecule is C=CCCCCCNCc1ccc(C)s1. The van der Waals surface area contributed by atoms with Crippen molar-refractivity contribution in [3.8, 4) is 0 Å². The first-order valence-corrected chi connectivity index (χ1v) is 6.51. The average molecular weight is 223 g/mol. The molecule has 0 atom stereocenters. The lowest BCUT2D eigenvalue weighted by Gasteiger charge is -2.02. The van der Waals surface area contributed by atoms with Crippen molar-refractivity contribution < 1.29 is 0 Å². The van der Waals surface area contributed by atoms with E-state index in [0.717, 1.165) is 19.5 Å². The Morgan fingerprint density at radius 2 is 2.20 bits per heavy atom. The third-order valence-corrected chi connectivity index (χ3v) is 3.36. The minimum absolute atomic E-state index is 1.03. The van der Waals surface area contributed by atoms with Gasteiger partial charge in [-0.05, 0) is 44.9 Å². The minimum Gasteiger partial charge on any atom is -0.312 e. The van der Waals surface area contributed by atoms with Crippen molar-refractivity contribution in [2.75, 3.05) is 6.54 Å². The summed E-state index contributed by atoms with van der Waals surface area (Å²) in [5, 5.41) is 3.48. The highest BCUT2D eigenvalue weighted by Gasteiger charge is 1.95. The van der Waals surface area contributed by atoms with Crippen LogP contribution in [0.2, 0.25) is 0 Å². The van der Waals surface area contributed by atoms with Crippen LogP contribution in [-0.2, 0) is 6.54 Å². The molecule has 0 bridgehead atoms. The molecular formula is C13H21NS. The Morgan fingerprint density at radius 3 is 2.87 bits per heavy atom. The molecule has 0 aliphatic rings. The van der Waals surface area contributed by atoms with Gasteiger partial charge in [-0.3, -0.25) is 0 Å². The fourth-order valence-electron chi connectivity index (χ4n) is 1.51. The van der Waals surface area contributed by atoms with Gasteiger partial charge in [-0.15, -0.1) is 17.9 Å². The summed E-state index contributed by atoms with van der Waals surface area (Å²) in [6.45, 7) is 8.04. The molecule has 0 fully saturated rings. The second-order valence-electron chi connectivity index (χ2n) is 3.83. The van der Waals surface area contributed by atoms with E-state index in [1.807, 2.05) is 17.4 Å². The van der Waals surface area contributed by atoms with Gasteiger partial charge in [0.25, 0.3) is 0 Å². The van der Waals surface area contributed by atoms with E-state index in [4.69, 9.17) is 0 Å². The summed E-state index contributed by atoms with van der Waals surface area (Å²) >= 11 is 1.88. The molecule has 0 spiro atoms. The largest absolute Gasteiger partial charge is 0.312 e. The molecule has 1 nitrogen and oxygen atoms in total. The summed E-state index contributed by atoms with van der Waals surface area (Å²) < 4.78 is 0. The normalized spacial score (nSPS) is 10.5. The van der Waals surface area contributed by atoms with Crippen molar-refractivity contribution >= 4 is 11.3 Å². The third-order valence-electron chi connectivity index (χ3n) is 2.36. The standard InChI is InChI=1S/C13H21NS/c1-3-4-5-6-7-10-14-11-13-9-8-12(2)15-13/h3,8-9,14H,1,4-7,10-11H2,2H3. The number of hydrogen-bond donors (Lipinski definition) is 1. The molecule has 0 aliphatic carbocycles. The zero-order valence-electron chi connectivity index (χ0n) is 9.59. The Hall–Kier alpha value is -0.600. The van der Waals surface area contributed by atoms with Gasteiger partial charge in [0.05, 0.1) is 0 Å². The fraction of sp³-hybridized carbons (Fsp3) is 0.538. The maximum absolute atomic E-state index is 3.72. The van der Waals surface area contributed by atoms with E-state index in [1.54, 1.807) is 0 Å². The van der Waals surface area contributed by atoms with Crippen LogP contribution < -0.4 is 5.32 Å². The molecular weight excluding hydrogens is 202 g/mol. The first-order valence-electron chi connectivity index (χ1n) is 5.70. The van der Waals surface area contributed by atoms with Crippen molar-refractivity contribution in [2.45, 2.75) is 39.2 Å². The smallest absolute Gasteiger partial charge is 0.0299 e. The zero-order valence-corrected chi connectivity index (χ0v) is 10.4. The van der Waals surface area contributed by atoms with Crippen LogP contribution in [-0.4, -0.2) is 6.54 Å². The van der Waals surface area contributed by atoms with Crippen LogP contribution in [0.15, 0.2) is 24.8 Å². The molecule has 0 amide bonds. The highest BCUT2D eigenvalue weighted by Crippen LogP contribution is 2.14. The molecule has 1 rings (SSSR count). The predicted octanol–water partition coefficient (Wildman–Crippen LogP) is 3.89. The maximum Gasteiger partial charge on any atom is 0.0299 e. The second-order valence-corrected chi connectivity index (χ2v) is 5.20. The highest BCUT2D eigenvalue weighted by atomic mass is 32.1. The third kappa shape index (κ3) is 5.75. The van der Waals surface area contributed by atoms with Crippen LogP contribution in [0.4, 0.5) is 0 Å². The first-order chi connectivity index (χ1) is 7.33. The quantitative estimate of drug-likeness (QED) is 0.521. The molecule has 0 aliphatic heterocycles. The molecule has 0 radical (unpaired) electrons. The molecule has 0 aromatic carbocycles. The molecule has 1 N–H and O–H groups in total. The van der Waals surface area contributed by atoms with Gasteiger partial charge < -0.3 is 5.32 Å². The summed E-state index contributed by atoms with van der Waals surface area (Å²) in [5.74, 6) is 0. The van der Waals surface area contributed by atoms with E-state index in [0.29, 0.717) is 0 Å². The van der Waals surface area contributed by atoms with Gasteiger partial charge in [-0.2, -0.15) is 0 Å². The van der Waals surface area contributed by atoms with Gasteiger partial charge in [0.15, 0.2) is 0 Å². The summed E-state index contributed by atoms with van der Waals surface area (Å²) in [4.78, 5) is 2.84. The molecule has 2 heteroatoms. The fourth-order valence-corrected chi connectivity index (χ4v) is 2.37. The number of thiophene rings is 1. The number of nitrogens with one attached hydrogen (secondary N) is 1. The maximum atomic E-state index is 3.72. The number of aryl methyl sites for hydroxylation is 1. The monoisotopic (exact) mass is 223 g/mol. The Balaban J connectivity index is 1.95.